The first kappa shape index (κ1) is 29.7. The number of fused-ring (bicyclic) bond motifs is 1. The number of thiocarbonyl (C=S) groups is 1. The van der Waals surface area contributed by atoms with Crippen LogP contribution in [-0.2, 0) is 17.9 Å². The van der Waals surface area contributed by atoms with Crippen molar-refractivity contribution in [3.63, 3.8) is 0 Å². The topological polar surface area (TPSA) is 96.6 Å². The second-order valence-corrected chi connectivity index (χ2v) is 11.6. The molecule has 0 bridgehead atoms. The molecule has 0 atom stereocenters. The number of nitrogens with zero attached hydrogens (tertiary/aromatic N) is 3. The molecule has 0 radical (unpaired) electrons. The molecule has 2 aliphatic heterocycles. The largest absolute Gasteiger partial charge is 0.454 e. The minimum atomic E-state index is -0.345. The summed E-state index contributed by atoms with van der Waals surface area (Å²) in [6.07, 6.45) is 9.26. The van der Waals surface area contributed by atoms with Crippen LogP contribution in [0.5, 0.6) is 11.5 Å². The van der Waals surface area contributed by atoms with E-state index >= 15 is 0 Å². The molecule has 10 heteroatoms. The van der Waals surface area contributed by atoms with E-state index in [1.807, 2.05) is 25.1 Å². The molecule has 1 saturated heterocycles. The van der Waals surface area contributed by atoms with Crippen molar-refractivity contribution in [3.8, 4) is 17.6 Å². The van der Waals surface area contributed by atoms with Crippen molar-refractivity contribution >= 4 is 46.1 Å². The molecule has 1 aromatic carbocycles. The average Bonchev–Trinajstić information content (AvgIpc) is 3.52. The Morgan fingerprint density at radius 2 is 1.82 bits per heavy atom. The number of pyridine rings is 1. The van der Waals surface area contributed by atoms with Gasteiger partial charge in [0.1, 0.15) is 21.8 Å². The lowest BCUT2D eigenvalue weighted by atomic mass is 10.0. The smallest absolute Gasteiger partial charge is 0.270 e. The van der Waals surface area contributed by atoms with Crippen molar-refractivity contribution in [3.05, 3.63) is 55.7 Å². The number of carbonyl (C=O) groups excluding carboxylic acids is 1. The zero-order valence-corrected chi connectivity index (χ0v) is 25.0. The molecule has 1 N–H and O–H groups in total. The molecule has 0 unspecified atom stereocenters. The number of carbonyl (C=O) groups is 1. The van der Waals surface area contributed by atoms with Gasteiger partial charge in [-0.05, 0) is 49.1 Å². The van der Waals surface area contributed by atoms with Crippen LogP contribution in [0.3, 0.4) is 0 Å². The maximum absolute atomic E-state index is 13.4. The van der Waals surface area contributed by atoms with Gasteiger partial charge in [-0.2, -0.15) is 5.26 Å². The summed E-state index contributed by atoms with van der Waals surface area (Å²) < 4.78 is 13.1. The summed E-state index contributed by atoms with van der Waals surface area (Å²) in [4.78, 5) is 28.9. The minimum absolute atomic E-state index is 0.0795. The summed E-state index contributed by atoms with van der Waals surface area (Å²) in [5.74, 6) is 1.82. The number of amides is 1. The minimum Gasteiger partial charge on any atom is -0.454 e. The first-order valence-electron chi connectivity index (χ1n) is 13.9. The average molecular weight is 581 g/mol. The highest BCUT2D eigenvalue weighted by Crippen LogP contribution is 2.36. The van der Waals surface area contributed by atoms with Gasteiger partial charge < -0.3 is 14.8 Å². The number of thioether (sulfide) groups is 1. The number of rotatable bonds is 13. The fourth-order valence-corrected chi connectivity index (χ4v) is 6.19. The molecular formula is C30H36N4O4S2. The predicted octanol–water partition coefficient (Wildman–Crippen LogP) is 6.34. The number of aromatic nitrogens is 1. The second kappa shape index (κ2) is 13.9. The van der Waals surface area contributed by atoms with E-state index in [9.17, 15) is 14.9 Å². The van der Waals surface area contributed by atoms with Gasteiger partial charge in [0.25, 0.3) is 11.5 Å². The number of unbranched alkanes of at least 4 members (excludes halogenated alkanes) is 5. The molecule has 2 aliphatic rings. The molecule has 0 aliphatic carbocycles. The molecule has 4 rings (SSSR count). The highest BCUT2D eigenvalue weighted by atomic mass is 32.2. The standard InChI is InChI=1S/C30H36N4O4S2/c1-4-6-7-8-9-10-14-34-29(36)26(40-30(34)39)16-22-20(3)23(17-31)28(35)33(13-5-2)27(22)32-18-21-11-12-24-25(15-21)38-19-37-24/h11-12,15-16,32H,4-10,13-14,18-19H2,1-3H3/b26-16+. The second-order valence-electron chi connectivity index (χ2n) is 9.97. The zero-order valence-electron chi connectivity index (χ0n) is 23.4. The first-order chi connectivity index (χ1) is 19.4. The Balaban J connectivity index is 1.64. The first-order valence-corrected chi connectivity index (χ1v) is 15.2. The maximum atomic E-state index is 13.4. The fraction of sp³-hybridized carbons (Fsp3) is 0.467. The number of anilines is 1. The van der Waals surface area contributed by atoms with Crippen LogP contribution in [0.2, 0.25) is 0 Å². The van der Waals surface area contributed by atoms with Gasteiger partial charge in [-0.15, -0.1) is 0 Å². The van der Waals surface area contributed by atoms with Crippen LogP contribution in [0.4, 0.5) is 5.82 Å². The monoisotopic (exact) mass is 580 g/mol. The van der Waals surface area contributed by atoms with Gasteiger partial charge in [0.2, 0.25) is 6.79 Å². The fourth-order valence-electron chi connectivity index (χ4n) is 4.90. The molecule has 1 amide bonds. The van der Waals surface area contributed by atoms with E-state index in [0.717, 1.165) is 24.8 Å². The third-order valence-electron chi connectivity index (χ3n) is 7.10. The normalized spacial score (nSPS) is 15.2. The van der Waals surface area contributed by atoms with Crippen LogP contribution in [0.25, 0.3) is 6.08 Å². The third kappa shape index (κ3) is 6.53. The lowest BCUT2D eigenvalue weighted by Crippen LogP contribution is -2.29. The highest BCUT2D eigenvalue weighted by Gasteiger charge is 2.32. The van der Waals surface area contributed by atoms with Crippen LogP contribution >= 0.6 is 24.0 Å². The summed E-state index contributed by atoms with van der Waals surface area (Å²) in [6, 6.07) is 7.79. The molecule has 1 fully saturated rings. The Bertz CT molecular complexity index is 1410. The van der Waals surface area contributed by atoms with E-state index < -0.39 is 0 Å². The molecule has 0 spiro atoms. The zero-order chi connectivity index (χ0) is 28.6. The Labute approximate surface area is 245 Å². The van der Waals surface area contributed by atoms with Crippen LogP contribution in [0, 0.1) is 18.3 Å². The van der Waals surface area contributed by atoms with Crippen molar-refractivity contribution in [1.82, 2.24) is 9.47 Å². The van der Waals surface area contributed by atoms with Crippen molar-refractivity contribution in [2.45, 2.75) is 78.8 Å². The Morgan fingerprint density at radius 1 is 1.07 bits per heavy atom. The van der Waals surface area contributed by atoms with Gasteiger partial charge in [0, 0.05) is 25.2 Å². The van der Waals surface area contributed by atoms with E-state index in [0.29, 0.717) is 63.7 Å². The molecule has 2 aromatic rings. The van der Waals surface area contributed by atoms with Gasteiger partial charge in [-0.1, -0.05) is 76.0 Å². The van der Waals surface area contributed by atoms with Crippen LogP contribution < -0.4 is 20.3 Å². The van der Waals surface area contributed by atoms with Crippen molar-refractivity contribution in [1.29, 1.82) is 5.26 Å². The molecular weight excluding hydrogens is 544 g/mol. The van der Waals surface area contributed by atoms with E-state index in [2.05, 4.69) is 18.3 Å². The maximum Gasteiger partial charge on any atom is 0.270 e. The molecule has 8 nitrogen and oxygen atoms in total. The lowest BCUT2D eigenvalue weighted by molar-refractivity contribution is -0.122. The van der Waals surface area contributed by atoms with Crippen molar-refractivity contribution in [2.75, 3.05) is 18.7 Å². The number of nitrogens with one attached hydrogen (secondary N) is 1. The van der Waals surface area contributed by atoms with Crippen LogP contribution in [0.15, 0.2) is 27.9 Å². The molecule has 40 heavy (non-hydrogen) atoms. The number of ether oxygens (including phenoxy) is 2. The van der Waals surface area contributed by atoms with E-state index in [1.54, 1.807) is 22.5 Å². The third-order valence-corrected chi connectivity index (χ3v) is 8.48. The van der Waals surface area contributed by atoms with Crippen molar-refractivity contribution < 1.29 is 14.3 Å². The van der Waals surface area contributed by atoms with Gasteiger partial charge in [-0.3, -0.25) is 19.1 Å². The van der Waals surface area contributed by atoms with Gasteiger partial charge in [-0.25, -0.2) is 0 Å². The molecule has 3 heterocycles. The van der Waals surface area contributed by atoms with Gasteiger partial charge >= 0.3 is 0 Å². The number of hydrogen-bond donors (Lipinski definition) is 1. The summed E-state index contributed by atoms with van der Waals surface area (Å²) in [7, 11) is 0. The summed E-state index contributed by atoms with van der Waals surface area (Å²) in [5, 5.41) is 13.3. The Kier molecular flexibility index (Phi) is 10.3. The van der Waals surface area contributed by atoms with Crippen LogP contribution in [-0.4, -0.2) is 33.0 Å². The summed E-state index contributed by atoms with van der Waals surface area (Å²) >= 11 is 6.84. The van der Waals surface area contributed by atoms with E-state index in [1.165, 1.54) is 31.0 Å². The van der Waals surface area contributed by atoms with E-state index in [4.69, 9.17) is 21.7 Å². The van der Waals surface area contributed by atoms with Gasteiger partial charge in [0.05, 0.1) is 4.91 Å². The highest BCUT2D eigenvalue weighted by molar-refractivity contribution is 8.26. The summed E-state index contributed by atoms with van der Waals surface area (Å²) in [6.45, 7) is 7.56. The number of hydrogen-bond acceptors (Lipinski definition) is 8. The predicted molar refractivity (Wildman–Crippen MR) is 164 cm³/mol. The van der Waals surface area contributed by atoms with Crippen LogP contribution in [0.1, 0.15) is 81.0 Å². The number of nitriles is 1. The summed E-state index contributed by atoms with van der Waals surface area (Å²) in [5.41, 5.74) is 1.86. The van der Waals surface area contributed by atoms with Gasteiger partial charge in [0.15, 0.2) is 11.5 Å². The molecule has 212 valence electrons. The quantitative estimate of drug-likeness (QED) is 0.167. The van der Waals surface area contributed by atoms with E-state index in [-0.39, 0.29) is 23.8 Å². The SMILES string of the molecule is CCCCCCCCN1C(=O)/C(=C\c2c(C)c(C#N)c(=O)n(CCC)c2NCc2ccc3c(c2)OCO3)SC1=S. The lowest BCUT2D eigenvalue weighted by Gasteiger charge is -2.20. The Hall–Kier alpha value is -3.29. The van der Waals surface area contributed by atoms with Crippen molar-refractivity contribution in [2.24, 2.45) is 0 Å². The Morgan fingerprint density at radius 3 is 2.58 bits per heavy atom. The molecule has 0 saturated carbocycles. The molecule has 1 aromatic heterocycles. The number of benzene rings is 1.